The summed E-state index contributed by atoms with van der Waals surface area (Å²) in [5.41, 5.74) is 1.21. The van der Waals surface area contributed by atoms with E-state index in [1.165, 1.54) is 5.56 Å². The van der Waals surface area contributed by atoms with Crippen molar-refractivity contribution in [3.05, 3.63) is 58.8 Å². The van der Waals surface area contributed by atoms with Gasteiger partial charge < -0.3 is 9.64 Å². The molecule has 5 nitrogen and oxygen atoms in total. The van der Waals surface area contributed by atoms with Gasteiger partial charge in [-0.1, -0.05) is 28.1 Å². The van der Waals surface area contributed by atoms with Crippen LogP contribution in [0.15, 0.2) is 53.3 Å². The Hall–Kier alpha value is -1.92. The Labute approximate surface area is 156 Å². The first kappa shape index (κ1) is 17.9. The fourth-order valence-electron chi connectivity index (χ4n) is 2.88. The molecule has 1 aromatic heterocycles. The van der Waals surface area contributed by atoms with Gasteiger partial charge in [0.05, 0.1) is 13.0 Å². The summed E-state index contributed by atoms with van der Waals surface area (Å²) in [5.74, 6) is 0.944. The number of halogens is 1. The van der Waals surface area contributed by atoms with Gasteiger partial charge in [0, 0.05) is 49.6 Å². The summed E-state index contributed by atoms with van der Waals surface area (Å²) in [6, 6.07) is 11.7. The van der Waals surface area contributed by atoms with Crippen molar-refractivity contribution in [1.82, 2.24) is 14.8 Å². The van der Waals surface area contributed by atoms with Crippen LogP contribution in [0.2, 0.25) is 0 Å². The number of hydrogen-bond acceptors (Lipinski definition) is 4. The molecule has 2 heterocycles. The van der Waals surface area contributed by atoms with Gasteiger partial charge in [-0.3, -0.25) is 14.7 Å². The molecule has 0 spiro atoms. The van der Waals surface area contributed by atoms with E-state index in [9.17, 15) is 4.79 Å². The number of hydrogen-bond donors (Lipinski definition) is 0. The lowest BCUT2D eigenvalue weighted by Crippen LogP contribution is -2.48. The van der Waals surface area contributed by atoms with Crippen molar-refractivity contribution in [2.75, 3.05) is 32.8 Å². The van der Waals surface area contributed by atoms with Crippen LogP contribution < -0.4 is 4.74 Å². The molecule has 25 heavy (non-hydrogen) atoms. The maximum absolute atomic E-state index is 12.3. The molecule has 0 saturated carbocycles. The summed E-state index contributed by atoms with van der Waals surface area (Å²) in [6.45, 7) is 4.64. The number of ether oxygens (including phenoxy) is 1. The van der Waals surface area contributed by atoms with E-state index in [0.717, 1.165) is 42.9 Å². The van der Waals surface area contributed by atoms with Crippen LogP contribution in [-0.2, 0) is 11.3 Å². The highest BCUT2D eigenvalue weighted by molar-refractivity contribution is 9.10. The molecule has 1 saturated heterocycles. The van der Waals surface area contributed by atoms with Crippen molar-refractivity contribution in [2.45, 2.75) is 13.0 Å². The minimum atomic E-state index is 0.163. The zero-order valence-electron chi connectivity index (χ0n) is 14.1. The van der Waals surface area contributed by atoms with Crippen LogP contribution in [0.5, 0.6) is 5.75 Å². The van der Waals surface area contributed by atoms with Crippen molar-refractivity contribution in [3.8, 4) is 5.75 Å². The highest BCUT2D eigenvalue weighted by Gasteiger charge is 2.20. The van der Waals surface area contributed by atoms with Crippen LogP contribution in [0.4, 0.5) is 0 Å². The summed E-state index contributed by atoms with van der Waals surface area (Å²) in [4.78, 5) is 20.8. The van der Waals surface area contributed by atoms with E-state index >= 15 is 0 Å². The lowest BCUT2D eigenvalue weighted by Gasteiger charge is -2.34. The van der Waals surface area contributed by atoms with Crippen LogP contribution in [-0.4, -0.2) is 53.5 Å². The Morgan fingerprint density at radius 3 is 2.72 bits per heavy atom. The summed E-state index contributed by atoms with van der Waals surface area (Å²) in [5, 5.41) is 0. The van der Waals surface area contributed by atoms with Gasteiger partial charge in [0.2, 0.25) is 5.91 Å². The molecule has 1 aromatic carbocycles. The lowest BCUT2D eigenvalue weighted by atomic mass is 10.2. The Morgan fingerprint density at radius 2 is 2.00 bits per heavy atom. The molecule has 132 valence electrons. The molecule has 1 aliphatic heterocycles. The first-order chi connectivity index (χ1) is 12.2. The number of pyridine rings is 1. The second kappa shape index (κ2) is 8.97. The first-order valence-electron chi connectivity index (χ1n) is 8.48. The molecule has 0 unspecified atom stereocenters. The van der Waals surface area contributed by atoms with Crippen LogP contribution in [0.1, 0.15) is 12.0 Å². The van der Waals surface area contributed by atoms with Crippen molar-refractivity contribution in [2.24, 2.45) is 0 Å². The quantitative estimate of drug-likeness (QED) is 0.743. The number of benzene rings is 1. The molecule has 0 radical (unpaired) electrons. The highest BCUT2D eigenvalue weighted by Crippen LogP contribution is 2.18. The second-order valence-electron chi connectivity index (χ2n) is 6.07. The van der Waals surface area contributed by atoms with Crippen LogP contribution >= 0.6 is 15.9 Å². The molecule has 1 aliphatic rings. The van der Waals surface area contributed by atoms with Crippen LogP contribution in [0, 0.1) is 0 Å². The number of aromatic nitrogens is 1. The molecule has 1 amide bonds. The molecule has 1 fully saturated rings. The largest absolute Gasteiger partial charge is 0.493 e. The number of rotatable bonds is 6. The topological polar surface area (TPSA) is 45.7 Å². The third kappa shape index (κ3) is 5.54. The predicted molar refractivity (Wildman–Crippen MR) is 100 cm³/mol. The van der Waals surface area contributed by atoms with E-state index in [1.54, 1.807) is 6.20 Å². The Balaban J connectivity index is 1.38. The third-order valence-corrected chi connectivity index (χ3v) is 4.73. The number of amides is 1. The monoisotopic (exact) mass is 403 g/mol. The SMILES string of the molecule is O=C(CCOc1cccc(Br)c1)N1CCN(Cc2cccnc2)CC1. The maximum atomic E-state index is 12.3. The minimum absolute atomic E-state index is 0.163. The Morgan fingerprint density at radius 1 is 1.16 bits per heavy atom. The minimum Gasteiger partial charge on any atom is -0.493 e. The molecule has 0 aliphatic carbocycles. The molecular formula is C19H22BrN3O2. The van der Waals surface area contributed by atoms with E-state index in [2.05, 4.69) is 31.9 Å². The average molecular weight is 404 g/mol. The molecular weight excluding hydrogens is 382 g/mol. The Kier molecular flexibility index (Phi) is 6.42. The summed E-state index contributed by atoms with van der Waals surface area (Å²) < 4.78 is 6.63. The number of carbonyl (C=O) groups excluding carboxylic acids is 1. The molecule has 2 aromatic rings. The molecule has 0 atom stereocenters. The van der Waals surface area contributed by atoms with E-state index in [1.807, 2.05) is 41.4 Å². The lowest BCUT2D eigenvalue weighted by molar-refractivity contribution is -0.133. The molecule has 3 rings (SSSR count). The Bertz CT molecular complexity index is 688. The third-order valence-electron chi connectivity index (χ3n) is 4.23. The fraction of sp³-hybridized carbons (Fsp3) is 0.368. The van der Waals surface area contributed by atoms with E-state index < -0.39 is 0 Å². The van der Waals surface area contributed by atoms with Gasteiger partial charge >= 0.3 is 0 Å². The van der Waals surface area contributed by atoms with Gasteiger partial charge in [0.15, 0.2) is 0 Å². The van der Waals surface area contributed by atoms with Gasteiger partial charge in [0.1, 0.15) is 5.75 Å². The van der Waals surface area contributed by atoms with Crippen molar-refractivity contribution in [1.29, 1.82) is 0 Å². The van der Waals surface area contributed by atoms with E-state index in [-0.39, 0.29) is 5.91 Å². The molecule has 0 N–H and O–H groups in total. The standard InChI is InChI=1S/C19H22BrN3O2/c20-17-4-1-5-18(13-17)25-12-6-19(24)23-10-8-22(9-11-23)15-16-3-2-7-21-14-16/h1-5,7,13-14H,6,8-12,15H2. The van der Waals surface area contributed by atoms with Gasteiger partial charge in [0.25, 0.3) is 0 Å². The zero-order valence-corrected chi connectivity index (χ0v) is 15.7. The summed E-state index contributed by atoms with van der Waals surface area (Å²) >= 11 is 3.41. The van der Waals surface area contributed by atoms with Gasteiger partial charge in [-0.2, -0.15) is 0 Å². The average Bonchev–Trinajstić information content (AvgIpc) is 2.63. The summed E-state index contributed by atoms with van der Waals surface area (Å²) in [6.07, 6.45) is 4.10. The smallest absolute Gasteiger partial charge is 0.226 e. The first-order valence-corrected chi connectivity index (χ1v) is 9.27. The zero-order chi connectivity index (χ0) is 17.5. The van der Waals surface area contributed by atoms with Crippen molar-refractivity contribution < 1.29 is 9.53 Å². The van der Waals surface area contributed by atoms with Crippen LogP contribution in [0.3, 0.4) is 0 Å². The van der Waals surface area contributed by atoms with E-state index in [0.29, 0.717) is 13.0 Å². The number of carbonyl (C=O) groups is 1. The maximum Gasteiger partial charge on any atom is 0.226 e. The van der Waals surface area contributed by atoms with E-state index in [4.69, 9.17) is 4.74 Å². The highest BCUT2D eigenvalue weighted by atomic mass is 79.9. The molecule has 0 bridgehead atoms. The van der Waals surface area contributed by atoms with Crippen LogP contribution in [0.25, 0.3) is 0 Å². The van der Waals surface area contributed by atoms with Gasteiger partial charge in [-0.25, -0.2) is 0 Å². The van der Waals surface area contributed by atoms with Gasteiger partial charge in [-0.05, 0) is 29.8 Å². The second-order valence-corrected chi connectivity index (χ2v) is 6.99. The predicted octanol–water partition coefficient (Wildman–Crippen LogP) is 2.96. The molecule has 6 heteroatoms. The van der Waals surface area contributed by atoms with Gasteiger partial charge in [-0.15, -0.1) is 0 Å². The summed E-state index contributed by atoms with van der Waals surface area (Å²) in [7, 11) is 0. The number of nitrogens with zero attached hydrogens (tertiary/aromatic N) is 3. The fourth-order valence-corrected chi connectivity index (χ4v) is 3.25. The normalized spacial score (nSPS) is 15.2. The van der Waals surface area contributed by atoms with Crippen molar-refractivity contribution in [3.63, 3.8) is 0 Å². The number of piperazine rings is 1. The van der Waals surface area contributed by atoms with Crippen molar-refractivity contribution >= 4 is 21.8 Å².